The van der Waals surface area contributed by atoms with E-state index in [2.05, 4.69) is 38.7 Å². The van der Waals surface area contributed by atoms with Crippen LogP contribution in [0.5, 0.6) is 17.2 Å². The Kier molecular flexibility index (Phi) is 5.21. The summed E-state index contributed by atoms with van der Waals surface area (Å²) in [7, 11) is 1.66. The molecule has 6 rings (SSSR count). The summed E-state index contributed by atoms with van der Waals surface area (Å²) in [5, 5.41) is 7.21. The van der Waals surface area contributed by atoms with Gasteiger partial charge in [0.1, 0.15) is 5.75 Å². The number of ether oxygens (including phenoxy) is 3. The van der Waals surface area contributed by atoms with Crippen LogP contribution in [0.25, 0.3) is 0 Å². The van der Waals surface area contributed by atoms with Crippen molar-refractivity contribution in [3.8, 4) is 17.2 Å². The number of benzene rings is 3. The summed E-state index contributed by atoms with van der Waals surface area (Å²) in [6.07, 6.45) is 1.19. The van der Waals surface area contributed by atoms with Crippen molar-refractivity contribution in [1.82, 2.24) is 0 Å². The first-order valence-corrected chi connectivity index (χ1v) is 12.0. The van der Waals surface area contributed by atoms with E-state index < -0.39 is 0 Å². The van der Waals surface area contributed by atoms with E-state index >= 15 is 0 Å². The number of anilines is 2. The van der Waals surface area contributed by atoms with Crippen LogP contribution in [0, 0.1) is 0 Å². The molecule has 1 aliphatic carbocycles. The van der Waals surface area contributed by atoms with E-state index in [-0.39, 0.29) is 24.5 Å². The van der Waals surface area contributed by atoms with Gasteiger partial charge in [0.2, 0.25) is 6.79 Å². The summed E-state index contributed by atoms with van der Waals surface area (Å²) in [4.78, 5) is 13.7. The molecule has 0 aromatic heterocycles. The average molecular weight is 519 g/mol. The molecule has 3 aromatic rings. The molecular weight excluding hydrogens is 496 g/mol. The van der Waals surface area contributed by atoms with E-state index in [0.29, 0.717) is 17.9 Å². The summed E-state index contributed by atoms with van der Waals surface area (Å²) in [5.74, 6) is 2.42. The molecular formula is C27H23BrN2O4. The van der Waals surface area contributed by atoms with Gasteiger partial charge in [-0.1, -0.05) is 40.2 Å². The van der Waals surface area contributed by atoms with Crippen LogP contribution in [0.1, 0.15) is 35.9 Å². The molecule has 7 heteroatoms. The van der Waals surface area contributed by atoms with E-state index in [1.165, 1.54) is 0 Å². The van der Waals surface area contributed by atoms with E-state index in [9.17, 15) is 4.79 Å². The second-order valence-corrected chi connectivity index (χ2v) is 9.52. The molecule has 172 valence electrons. The highest BCUT2D eigenvalue weighted by Gasteiger charge is 2.37. The smallest absolute Gasteiger partial charge is 0.231 e. The number of Topliss-reactive ketones (excluding diaryl/α,β-unsaturated/α-hetero) is 1. The number of carbonyl (C=O) groups excluding carboxylic acids is 1. The Balaban J connectivity index is 1.45. The highest BCUT2D eigenvalue weighted by Crippen LogP contribution is 2.47. The monoisotopic (exact) mass is 518 g/mol. The number of carbonyl (C=O) groups is 1. The molecule has 3 aromatic carbocycles. The van der Waals surface area contributed by atoms with Crippen molar-refractivity contribution in [2.45, 2.75) is 24.8 Å². The van der Waals surface area contributed by atoms with Gasteiger partial charge in [0.15, 0.2) is 17.3 Å². The SMILES string of the molecule is COc1ccc([C@@H]2CC(=O)C3=C(C2)Nc2ccccc2N[C@@H]3c2cc3c(cc2Br)OCO3)cc1. The van der Waals surface area contributed by atoms with Crippen LogP contribution in [0.15, 0.2) is 76.4 Å². The van der Waals surface area contributed by atoms with Crippen LogP contribution in [-0.4, -0.2) is 19.7 Å². The predicted octanol–water partition coefficient (Wildman–Crippen LogP) is 6.17. The number of rotatable bonds is 3. The molecule has 0 bridgehead atoms. The Bertz CT molecular complexity index is 1320. The zero-order valence-corrected chi connectivity index (χ0v) is 20.1. The lowest BCUT2D eigenvalue weighted by atomic mass is 9.78. The third-order valence-electron chi connectivity index (χ3n) is 6.70. The third kappa shape index (κ3) is 3.60. The van der Waals surface area contributed by atoms with Gasteiger partial charge in [0, 0.05) is 22.2 Å². The van der Waals surface area contributed by atoms with E-state index in [1.807, 2.05) is 48.5 Å². The number of allylic oxidation sites excluding steroid dienone is 1. The fourth-order valence-corrected chi connectivity index (χ4v) is 5.54. The molecule has 2 heterocycles. The second kappa shape index (κ2) is 8.40. The van der Waals surface area contributed by atoms with Gasteiger partial charge in [0.05, 0.1) is 24.5 Å². The minimum Gasteiger partial charge on any atom is -0.497 e. The molecule has 0 saturated carbocycles. The minimum absolute atomic E-state index is 0.0933. The molecule has 2 aliphatic heterocycles. The lowest BCUT2D eigenvalue weighted by molar-refractivity contribution is -0.116. The van der Waals surface area contributed by atoms with Crippen molar-refractivity contribution >= 4 is 33.1 Å². The van der Waals surface area contributed by atoms with Crippen LogP contribution in [-0.2, 0) is 4.79 Å². The van der Waals surface area contributed by atoms with Crippen molar-refractivity contribution < 1.29 is 19.0 Å². The van der Waals surface area contributed by atoms with Gasteiger partial charge in [-0.3, -0.25) is 4.79 Å². The fraction of sp³-hybridized carbons (Fsp3) is 0.222. The third-order valence-corrected chi connectivity index (χ3v) is 7.39. The van der Waals surface area contributed by atoms with E-state index in [1.54, 1.807) is 7.11 Å². The summed E-state index contributed by atoms with van der Waals surface area (Å²) < 4.78 is 17.4. The second-order valence-electron chi connectivity index (χ2n) is 8.67. The van der Waals surface area contributed by atoms with Gasteiger partial charge < -0.3 is 24.8 Å². The van der Waals surface area contributed by atoms with Gasteiger partial charge in [-0.05, 0) is 59.9 Å². The lowest BCUT2D eigenvalue weighted by Crippen LogP contribution is -2.27. The highest BCUT2D eigenvalue weighted by atomic mass is 79.9. The molecule has 0 saturated heterocycles. The zero-order valence-electron chi connectivity index (χ0n) is 18.6. The summed E-state index contributed by atoms with van der Waals surface area (Å²) in [6.45, 7) is 0.199. The summed E-state index contributed by atoms with van der Waals surface area (Å²) in [6, 6.07) is 19.6. The molecule has 34 heavy (non-hydrogen) atoms. The Labute approximate surface area is 206 Å². The molecule has 0 unspecified atom stereocenters. The normalized spacial score (nSPS) is 20.6. The molecule has 2 atom stereocenters. The van der Waals surface area contributed by atoms with Crippen LogP contribution in [0.2, 0.25) is 0 Å². The molecule has 2 N–H and O–H groups in total. The first-order chi connectivity index (χ1) is 16.6. The fourth-order valence-electron chi connectivity index (χ4n) is 4.99. The maximum Gasteiger partial charge on any atom is 0.231 e. The van der Waals surface area contributed by atoms with Gasteiger partial charge in [-0.2, -0.15) is 0 Å². The van der Waals surface area contributed by atoms with Gasteiger partial charge in [-0.15, -0.1) is 0 Å². The largest absolute Gasteiger partial charge is 0.497 e. The Morgan fingerprint density at radius 2 is 1.71 bits per heavy atom. The number of hydrogen-bond acceptors (Lipinski definition) is 6. The maximum absolute atomic E-state index is 13.7. The molecule has 3 aliphatic rings. The van der Waals surface area contributed by atoms with Crippen molar-refractivity contribution in [1.29, 1.82) is 0 Å². The highest BCUT2D eigenvalue weighted by molar-refractivity contribution is 9.10. The topological polar surface area (TPSA) is 68.8 Å². The van der Waals surface area contributed by atoms with Gasteiger partial charge in [-0.25, -0.2) is 0 Å². The van der Waals surface area contributed by atoms with Gasteiger partial charge in [0.25, 0.3) is 0 Å². The number of hydrogen-bond donors (Lipinski definition) is 2. The maximum atomic E-state index is 13.7. The van der Waals surface area contributed by atoms with Crippen molar-refractivity contribution in [3.05, 3.63) is 87.5 Å². The molecule has 0 fully saturated rings. The number of para-hydroxylation sites is 2. The number of ketones is 1. The van der Waals surface area contributed by atoms with Crippen molar-refractivity contribution in [3.63, 3.8) is 0 Å². The van der Waals surface area contributed by atoms with Crippen LogP contribution >= 0.6 is 15.9 Å². The quantitative estimate of drug-likeness (QED) is 0.432. The zero-order chi connectivity index (χ0) is 23.2. The molecule has 0 spiro atoms. The number of fused-ring (bicyclic) bond motifs is 2. The number of halogens is 1. The summed E-state index contributed by atoms with van der Waals surface area (Å²) >= 11 is 3.71. The number of methoxy groups -OCH3 is 1. The molecule has 0 amide bonds. The van der Waals surface area contributed by atoms with Crippen LogP contribution in [0.4, 0.5) is 11.4 Å². The minimum atomic E-state index is -0.334. The molecule has 6 nitrogen and oxygen atoms in total. The Hall–Kier alpha value is -3.45. The lowest BCUT2D eigenvalue weighted by Gasteiger charge is -2.30. The van der Waals surface area contributed by atoms with Crippen LogP contribution < -0.4 is 24.8 Å². The molecule has 0 radical (unpaired) electrons. The Morgan fingerprint density at radius 1 is 0.971 bits per heavy atom. The van der Waals surface area contributed by atoms with Gasteiger partial charge >= 0.3 is 0 Å². The van der Waals surface area contributed by atoms with E-state index in [4.69, 9.17) is 14.2 Å². The first kappa shape index (κ1) is 21.1. The Morgan fingerprint density at radius 3 is 2.47 bits per heavy atom. The van der Waals surface area contributed by atoms with E-state index in [0.717, 1.165) is 50.4 Å². The van der Waals surface area contributed by atoms with Crippen molar-refractivity contribution in [2.24, 2.45) is 0 Å². The predicted molar refractivity (Wildman–Crippen MR) is 134 cm³/mol. The first-order valence-electron chi connectivity index (χ1n) is 11.2. The number of nitrogens with one attached hydrogen (secondary N) is 2. The summed E-state index contributed by atoms with van der Waals surface area (Å²) in [5.41, 5.74) is 5.68. The standard InChI is InChI=1S/C27H23BrN2O4/c1-32-17-8-6-15(7-9-17)16-10-22-26(23(31)11-16)27(30-21-5-3-2-4-20(21)29-22)18-12-24-25(13-19(18)28)34-14-33-24/h2-9,12-13,16,27,29-30H,10-11,14H2,1H3/t16-,27+/m0/s1. The van der Waals surface area contributed by atoms with Crippen molar-refractivity contribution in [2.75, 3.05) is 24.5 Å². The average Bonchev–Trinajstić information content (AvgIpc) is 3.23. The van der Waals surface area contributed by atoms with Crippen LogP contribution in [0.3, 0.4) is 0 Å².